The molecule has 0 unspecified atom stereocenters. The zero-order chi connectivity index (χ0) is 17.5. The molecule has 24 heavy (non-hydrogen) atoms. The summed E-state index contributed by atoms with van der Waals surface area (Å²) in [6, 6.07) is 24.0. The average molecular weight is 319 g/mol. The van der Waals surface area contributed by atoms with E-state index in [9.17, 15) is 0 Å². The van der Waals surface area contributed by atoms with Gasteiger partial charge in [0.1, 0.15) is 0 Å². The minimum atomic E-state index is 0.603. The first-order valence-electron chi connectivity index (χ1n) is 9.09. The van der Waals surface area contributed by atoms with E-state index in [4.69, 9.17) is 0 Å². The first kappa shape index (κ1) is 18.3. The number of fused-ring (bicyclic) bond motifs is 1. The zero-order valence-electron chi connectivity index (χ0n) is 15.7. The van der Waals surface area contributed by atoms with Gasteiger partial charge in [-0.2, -0.15) is 0 Å². The number of hydrogen-bond acceptors (Lipinski definition) is 0. The summed E-state index contributed by atoms with van der Waals surface area (Å²) in [4.78, 5) is 0. The smallest absolute Gasteiger partial charge is 0.0149 e. The predicted molar refractivity (Wildman–Crippen MR) is 108 cm³/mol. The highest BCUT2D eigenvalue weighted by molar-refractivity contribution is 5.86. The van der Waals surface area contributed by atoms with Crippen LogP contribution in [0, 0.1) is 0 Å². The van der Waals surface area contributed by atoms with E-state index in [1.165, 1.54) is 27.5 Å². The van der Waals surface area contributed by atoms with Gasteiger partial charge in [0, 0.05) is 0 Å². The van der Waals surface area contributed by atoms with Gasteiger partial charge in [-0.15, -0.1) is 0 Å². The van der Waals surface area contributed by atoms with Gasteiger partial charge in [-0.25, -0.2) is 0 Å². The molecule has 0 nitrogen and oxygen atoms in total. The molecule has 0 saturated heterocycles. The largest absolute Gasteiger partial charge is 0.0616 e. The molecule has 126 valence electrons. The summed E-state index contributed by atoms with van der Waals surface area (Å²) in [7, 11) is 0. The van der Waals surface area contributed by atoms with E-state index in [2.05, 4.69) is 101 Å². The lowest BCUT2D eigenvalue weighted by molar-refractivity contribution is 0.865. The van der Waals surface area contributed by atoms with Crippen LogP contribution in [0.5, 0.6) is 0 Å². The third kappa shape index (κ3) is 4.71. The molecule has 0 bridgehead atoms. The second kappa shape index (κ2) is 8.68. The van der Waals surface area contributed by atoms with Crippen molar-refractivity contribution in [2.75, 3.05) is 0 Å². The third-order valence-corrected chi connectivity index (χ3v) is 4.50. The molecule has 0 aliphatic carbocycles. The molecule has 0 spiro atoms. The van der Waals surface area contributed by atoms with Crippen LogP contribution in [0.4, 0.5) is 0 Å². The van der Waals surface area contributed by atoms with Gasteiger partial charge < -0.3 is 0 Å². The van der Waals surface area contributed by atoms with Gasteiger partial charge in [-0.3, -0.25) is 0 Å². The van der Waals surface area contributed by atoms with Gasteiger partial charge >= 0.3 is 0 Å². The summed E-state index contributed by atoms with van der Waals surface area (Å²) in [5.74, 6) is 1.26. The van der Waals surface area contributed by atoms with Crippen molar-refractivity contribution in [1.29, 1.82) is 0 Å². The standard InChI is InChI=1S/C13H14.C11H16/c1-10(2)12-9-5-7-11-6-3-4-8-13(11)12;1-4-10-5-7-11(8-6-10)9(2)3/h3-10H,1-2H3;5-9H,4H2,1-3H3. The van der Waals surface area contributed by atoms with E-state index in [0.29, 0.717) is 11.8 Å². The second-order valence-corrected chi connectivity index (χ2v) is 6.97. The summed E-state index contributed by atoms with van der Waals surface area (Å²) in [5.41, 5.74) is 4.30. The molecular weight excluding hydrogens is 288 g/mol. The molecule has 3 rings (SSSR count). The summed E-state index contributed by atoms with van der Waals surface area (Å²) in [5, 5.41) is 2.73. The molecule has 3 aromatic rings. The first-order chi connectivity index (χ1) is 11.5. The molecule has 0 fully saturated rings. The van der Waals surface area contributed by atoms with E-state index in [-0.39, 0.29) is 0 Å². The monoisotopic (exact) mass is 318 g/mol. The van der Waals surface area contributed by atoms with Crippen molar-refractivity contribution >= 4 is 10.8 Å². The lowest BCUT2D eigenvalue weighted by Crippen LogP contribution is -1.88. The van der Waals surface area contributed by atoms with Gasteiger partial charge in [0.15, 0.2) is 0 Å². The van der Waals surface area contributed by atoms with Crippen LogP contribution < -0.4 is 0 Å². The van der Waals surface area contributed by atoms with E-state index < -0.39 is 0 Å². The first-order valence-corrected chi connectivity index (χ1v) is 9.09. The minimum absolute atomic E-state index is 0.603. The molecule has 0 heteroatoms. The highest BCUT2D eigenvalue weighted by atomic mass is 14.1. The molecule has 0 atom stereocenters. The van der Waals surface area contributed by atoms with Crippen LogP contribution in [0.3, 0.4) is 0 Å². The van der Waals surface area contributed by atoms with E-state index in [1.54, 1.807) is 0 Å². The summed E-state index contributed by atoms with van der Waals surface area (Å²) in [6.07, 6.45) is 1.14. The fourth-order valence-electron chi connectivity index (χ4n) is 2.89. The lowest BCUT2D eigenvalue weighted by Gasteiger charge is -2.08. The molecule has 3 aromatic carbocycles. The topological polar surface area (TPSA) is 0 Å². The Balaban J connectivity index is 0.000000177. The maximum absolute atomic E-state index is 2.24. The lowest BCUT2D eigenvalue weighted by atomic mass is 9.96. The minimum Gasteiger partial charge on any atom is -0.0616 e. The van der Waals surface area contributed by atoms with E-state index >= 15 is 0 Å². The fraction of sp³-hybridized carbons (Fsp3) is 0.333. The molecule has 0 heterocycles. The Bertz CT molecular complexity index is 743. The molecule has 0 aliphatic heterocycles. The molecule has 0 aromatic heterocycles. The zero-order valence-corrected chi connectivity index (χ0v) is 15.7. The molecule has 0 amide bonds. The summed E-state index contributed by atoms with van der Waals surface area (Å²) < 4.78 is 0. The molecule has 0 aliphatic rings. The Morgan fingerprint density at radius 1 is 0.667 bits per heavy atom. The predicted octanol–water partition coefficient (Wildman–Crippen LogP) is 7.34. The number of benzene rings is 3. The molecule has 0 N–H and O–H groups in total. The maximum atomic E-state index is 2.24. The van der Waals surface area contributed by atoms with Crippen LogP contribution in [0.25, 0.3) is 10.8 Å². The Morgan fingerprint density at radius 2 is 1.29 bits per heavy atom. The number of hydrogen-bond donors (Lipinski definition) is 0. The van der Waals surface area contributed by atoms with Gasteiger partial charge in [-0.05, 0) is 45.7 Å². The number of aryl methyl sites for hydroxylation is 1. The van der Waals surface area contributed by atoms with Gasteiger partial charge in [0.05, 0.1) is 0 Å². The van der Waals surface area contributed by atoms with Crippen molar-refractivity contribution in [3.05, 3.63) is 83.4 Å². The highest BCUT2D eigenvalue weighted by Crippen LogP contribution is 2.24. The van der Waals surface area contributed by atoms with Gasteiger partial charge in [0.2, 0.25) is 0 Å². The molecule has 0 radical (unpaired) electrons. The van der Waals surface area contributed by atoms with Crippen LogP contribution in [0.15, 0.2) is 66.7 Å². The van der Waals surface area contributed by atoms with Gasteiger partial charge in [-0.1, -0.05) is 101 Å². The van der Waals surface area contributed by atoms with Crippen molar-refractivity contribution in [1.82, 2.24) is 0 Å². The Labute approximate surface area is 147 Å². The van der Waals surface area contributed by atoms with Gasteiger partial charge in [0.25, 0.3) is 0 Å². The Hall–Kier alpha value is -2.08. The summed E-state index contributed by atoms with van der Waals surface area (Å²) in [6.45, 7) is 11.1. The maximum Gasteiger partial charge on any atom is -0.0149 e. The van der Waals surface area contributed by atoms with Crippen LogP contribution >= 0.6 is 0 Å². The Morgan fingerprint density at radius 3 is 1.88 bits per heavy atom. The van der Waals surface area contributed by atoms with Crippen LogP contribution in [0.1, 0.15) is 63.1 Å². The van der Waals surface area contributed by atoms with E-state index in [0.717, 1.165) is 6.42 Å². The fourth-order valence-corrected chi connectivity index (χ4v) is 2.89. The molecule has 0 saturated carbocycles. The second-order valence-electron chi connectivity index (χ2n) is 6.97. The normalized spacial score (nSPS) is 10.8. The highest BCUT2D eigenvalue weighted by Gasteiger charge is 2.02. The summed E-state index contributed by atoms with van der Waals surface area (Å²) >= 11 is 0. The Kier molecular flexibility index (Phi) is 6.61. The van der Waals surface area contributed by atoms with Crippen LogP contribution in [-0.4, -0.2) is 0 Å². The van der Waals surface area contributed by atoms with Crippen molar-refractivity contribution in [3.8, 4) is 0 Å². The van der Waals surface area contributed by atoms with Crippen molar-refractivity contribution in [2.24, 2.45) is 0 Å². The van der Waals surface area contributed by atoms with Crippen molar-refractivity contribution < 1.29 is 0 Å². The molecular formula is C24H30. The quantitative estimate of drug-likeness (QED) is 0.474. The van der Waals surface area contributed by atoms with Crippen LogP contribution in [-0.2, 0) is 6.42 Å². The third-order valence-electron chi connectivity index (χ3n) is 4.50. The average Bonchev–Trinajstić information content (AvgIpc) is 2.61. The van der Waals surface area contributed by atoms with E-state index in [1.807, 2.05) is 0 Å². The van der Waals surface area contributed by atoms with Crippen molar-refractivity contribution in [3.63, 3.8) is 0 Å². The van der Waals surface area contributed by atoms with Crippen LogP contribution in [0.2, 0.25) is 0 Å². The SMILES string of the molecule is CC(C)c1cccc2ccccc12.CCc1ccc(C(C)C)cc1. The van der Waals surface area contributed by atoms with Crippen molar-refractivity contribution in [2.45, 2.75) is 52.9 Å². The number of rotatable bonds is 3.